The highest BCUT2D eigenvalue weighted by Crippen LogP contribution is 2.11. The quantitative estimate of drug-likeness (QED) is 0.751. The van der Waals surface area contributed by atoms with Crippen LogP contribution in [-0.2, 0) is 14.3 Å². The molecule has 0 aromatic carbocycles. The normalized spacial score (nSPS) is 23.4. The summed E-state index contributed by atoms with van der Waals surface area (Å²) in [6, 6.07) is 0.238. The average Bonchev–Trinajstić information content (AvgIpc) is 2.49. The fourth-order valence-electron chi connectivity index (χ4n) is 2.32. The van der Waals surface area contributed by atoms with Gasteiger partial charge in [0.1, 0.15) is 0 Å². The lowest BCUT2D eigenvalue weighted by Crippen LogP contribution is -2.47. The number of ether oxygens (including phenoxy) is 1. The van der Waals surface area contributed by atoms with Crippen LogP contribution in [0, 0.1) is 0 Å². The van der Waals surface area contributed by atoms with Crippen molar-refractivity contribution in [1.29, 1.82) is 0 Å². The molecule has 0 aromatic rings. The Morgan fingerprint density at radius 3 is 2.80 bits per heavy atom. The van der Waals surface area contributed by atoms with Gasteiger partial charge >= 0.3 is 0 Å². The Bertz CT molecular complexity index is 342. The third-order valence-corrected chi connectivity index (χ3v) is 4.71. The zero-order valence-electron chi connectivity index (χ0n) is 12.0. The lowest BCUT2D eigenvalue weighted by Gasteiger charge is -2.29. The molecule has 1 N–H and O–H groups in total. The van der Waals surface area contributed by atoms with Gasteiger partial charge in [-0.25, -0.2) is 0 Å². The second-order valence-electron chi connectivity index (χ2n) is 5.17. The second kappa shape index (κ2) is 7.85. The Labute approximate surface area is 124 Å². The molecule has 2 aliphatic heterocycles. The Balaban J connectivity index is 1.73. The van der Waals surface area contributed by atoms with E-state index in [1.165, 1.54) is 0 Å². The SMILES string of the molecule is CN(CC(=O)N1CCOCC1)C(=O)CC1CSCCN1. The minimum absolute atomic E-state index is 0.00938. The number of rotatable bonds is 4. The molecule has 2 fully saturated rings. The van der Waals surface area contributed by atoms with E-state index in [1.54, 1.807) is 16.8 Å². The van der Waals surface area contributed by atoms with Crippen molar-refractivity contribution in [3.8, 4) is 0 Å². The van der Waals surface area contributed by atoms with Crippen molar-refractivity contribution in [3.63, 3.8) is 0 Å². The molecule has 0 aromatic heterocycles. The highest BCUT2D eigenvalue weighted by atomic mass is 32.2. The summed E-state index contributed by atoms with van der Waals surface area (Å²) in [5, 5.41) is 3.34. The summed E-state index contributed by atoms with van der Waals surface area (Å²) in [4.78, 5) is 27.5. The van der Waals surface area contributed by atoms with Crippen molar-refractivity contribution in [3.05, 3.63) is 0 Å². The number of nitrogens with zero attached hydrogens (tertiary/aromatic N) is 2. The molecule has 1 atom stereocenters. The van der Waals surface area contributed by atoms with E-state index in [9.17, 15) is 9.59 Å². The molecule has 2 saturated heterocycles. The van der Waals surface area contributed by atoms with Crippen LogP contribution in [-0.4, -0.2) is 85.6 Å². The minimum Gasteiger partial charge on any atom is -0.378 e. The number of hydrogen-bond donors (Lipinski definition) is 1. The van der Waals surface area contributed by atoms with Gasteiger partial charge in [0.25, 0.3) is 0 Å². The lowest BCUT2D eigenvalue weighted by molar-refractivity contribution is -0.142. The van der Waals surface area contributed by atoms with Crippen molar-refractivity contribution in [2.75, 3.05) is 57.9 Å². The Morgan fingerprint density at radius 2 is 2.15 bits per heavy atom. The second-order valence-corrected chi connectivity index (χ2v) is 6.32. The van der Waals surface area contributed by atoms with E-state index in [4.69, 9.17) is 4.74 Å². The van der Waals surface area contributed by atoms with E-state index in [-0.39, 0.29) is 24.4 Å². The maximum absolute atomic E-state index is 12.1. The molecule has 2 amide bonds. The summed E-state index contributed by atoms with van der Waals surface area (Å²) in [7, 11) is 1.71. The first-order valence-corrected chi connectivity index (χ1v) is 8.23. The predicted molar refractivity (Wildman–Crippen MR) is 78.8 cm³/mol. The number of carbonyl (C=O) groups is 2. The Kier molecular flexibility index (Phi) is 6.12. The molecule has 1 unspecified atom stereocenters. The first-order valence-electron chi connectivity index (χ1n) is 7.07. The average molecular weight is 301 g/mol. The van der Waals surface area contributed by atoms with Gasteiger partial charge in [0.15, 0.2) is 0 Å². The highest BCUT2D eigenvalue weighted by molar-refractivity contribution is 7.99. The Morgan fingerprint density at radius 1 is 1.40 bits per heavy atom. The maximum Gasteiger partial charge on any atom is 0.242 e. The van der Waals surface area contributed by atoms with Crippen LogP contribution in [0.4, 0.5) is 0 Å². The van der Waals surface area contributed by atoms with E-state index in [1.807, 2.05) is 11.8 Å². The number of nitrogens with one attached hydrogen (secondary N) is 1. The van der Waals surface area contributed by atoms with Crippen molar-refractivity contribution in [2.24, 2.45) is 0 Å². The zero-order chi connectivity index (χ0) is 14.4. The van der Waals surface area contributed by atoms with E-state index in [2.05, 4.69) is 5.32 Å². The van der Waals surface area contributed by atoms with Crippen LogP contribution in [0.5, 0.6) is 0 Å². The predicted octanol–water partition coefficient (Wildman–Crippen LogP) is -0.601. The fourth-order valence-corrected chi connectivity index (χ4v) is 3.27. The minimum atomic E-state index is 0.00938. The highest BCUT2D eigenvalue weighted by Gasteiger charge is 2.23. The van der Waals surface area contributed by atoms with Crippen LogP contribution in [0.3, 0.4) is 0 Å². The van der Waals surface area contributed by atoms with Crippen LogP contribution in [0.25, 0.3) is 0 Å². The number of hydrogen-bond acceptors (Lipinski definition) is 5. The molecule has 7 heteroatoms. The van der Waals surface area contributed by atoms with E-state index >= 15 is 0 Å². The molecule has 2 aliphatic rings. The van der Waals surface area contributed by atoms with Crippen molar-refractivity contribution in [1.82, 2.24) is 15.1 Å². The number of thioether (sulfide) groups is 1. The summed E-state index contributed by atoms with van der Waals surface area (Å²) in [5.74, 6) is 2.12. The molecule has 0 bridgehead atoms. The van der Waals surface area contributed by atoms with Gasteiger partial charge in [-0.3, -0.25) is 9.59 Å². The molecular weight excluding hydrogens is 278 g/mol. The summed E-state index contributed by atoms with van der Waals surface area (Å²) in [6.07, 6.45) is 0.472. The van der Waals surface area contributed by atoms with Gasteiger partial charge in [-0.1, -0.05) is 0 Å². The Hall–Kier alpha value is -0.790. The molecule has 2 rings (SSSR count). The van der Waals surface area contributed by atoms with Crippen LogP contribution in [0.15, 0.2) is 0 Å². The molecule has 0 radical (unpaired) electrons. The van der Waals surface area contributed by atoms with E-state index in [0.29, 0.717) is 32.7 Å². The largest absolute Gasteiger partial charge is 0.378 e. The number of morpholine rings is 1. The maximum atomic E-state index is 12.1. The van der Waals surface area contributed by atoms with Crippen LogP contribution < -0.4 is 5.32 Å². The van der Waals surface area contributed by atoms with Gasteiger partial charge < -0.3 is 19.9 Å². The molecule has 2 heterocycles. The molecule has 0 spiro atoms. The molecule has 0 aliphatic carbocycles. The molecular formula is C13H23N3O3S. The van der Waals surface area contributed by atoms with E-state index in [0.717, 1.165) is 18.1 Å². The number of amides is 2. The zero-order valence-corrected chi connectivity index (χ0v) is 12.8. The molecule has 0 saturated carbocycles. The van der Waals surface area contributed by atoms with Gasteiger partial charge in [0.05, 0.1) is 19.8 Å². The van der Waals surface area contributed by atoms with Crippen LogP contribution in [0.1, 0.15) is 6.42 Å². The van der Waals surface area contributed by atoms with Crippen LogP contribution in [0.2, 0.25) is 0 Å². The third kappa shape index (κ3) is 4.64. The van der Waals surface area contributed by atoms with Crippen molar-refractivity contribution in [2.45, 2.75) is 12.5 Å². The molecule has 114 valence electrons. The van der Waals surface area contributed by atoms with Gasteiger partial charge in [-0.15, -0.1) is 0 Å². The topological polar surface area (TPSA) is 61.9 Å². The monoisotopic (exact) mass is 301 g/mol. The third-order valence-electron chi connectivity index (χ3n) is 3.58. The van der Waals surface area contributed by atoms with Gasteiger partial charge in [0, 0.05) is 50.7 Å². The molecule has 6 nitrogen and oxygen atoms in total. The van der Waals surface area contributed by atoms with Crippen LogP contribution >= 0.6 is 11.8 Å². The van der Waals surface area contributed by atoms with E-state index < -0.39 is 0 Å². The van der Waals surface area contributed by atoms with Gasteiger partial charge in [0.2, 0.25) is 11.8 Å². The summed E-state index contributed by atoms with van der Waals surface area (Å²) < 4.78 is 5.22. The summed E-state index contributed by atoms with van der Waals surface area (Å²) in [6.45, 7) is 3.56. The smallest absolute Gasteiger partial charge is 0.242 e. The van der Waals surface area contributed by atoms with Crippen molar-refractivity contribution < 1.29 is 14.3 Å². The first-order chi connectivity index (χ1) is 9.66. The van der Waals surface area contributed by atoms with Gasteiger partial charge in [-0.2, -0.15) is 11.8 Å². The van der Waals surface area contributed by atoms with Crippen molar-refractivity contribution >= 4 is 23.6 Å². The number of likely N-dealkylation sites (N-methyl/N-ethyl adjacent to an activating group) is 1. The summed E-state index contributed by atoms with van der Waals surface area (Å²) in [5.41, 5.74) is 0. The summed E-state index contributed by atoms with van der Waals surface area (Å²) >= 11 is 1.87. The number of carbonyl (C=O) groups excluding carboxylic acids is 2. The lowest BCUT2D eigenvalue weighted by atomic mass is 10.2. The standard InChI is InChI=1S/C13H23N3O3S/c1-15(9-13(18)16-3-5-19-6-4-16)12(17)8-11-10-20-7-2-14-11/h11,14H,2-10H2,1H3. The first kappa shape index (κ1) is 15.6. The fraction of sp³-hybridized carbons (Fsp3) is 0.846. The molecule has 20 heavy (non-hydrogen) atoms. The van der Waals surface area contributed by atoms with Gasteiger partial charge in [-0.05, 0) is 0 Å².